The number of benzene rings is 1. The van der Waals surface area contributed by atoms with Crippen molar-refractivity contribution in [1.29, 1.82) is 0 Å². The van der Waals surface area contributed by atoms with Crippen LogP contribution >= 0.6 is 11.3 Å². The van der Waals surface area contributed by atoms with Crippen molar-refractivity contribution in [3.63, 3.8) is 0 Å². The minimum absolute atomic E-state index is 0.101. The van der Waals surface area contributed by atoms with Crippen molar-refractivity contribution < 1.29 is 9.53 Å². The maximum Gasteiger partial charge on any atom is 0.254 e. The van der Waals surface area contributed by atoms with E-state index in [9.17, 15) is 4.79 Å². The summed E-state index contributed by atoms with van der Waals surface area (Å²) < 4.78 is 5.81. The standard InChI is InChI=1S/C18H22N2O2S/c1-19-12-15-6-3-9-20(15)18(21)14-5-2-7-16(11-14)22-13-17-8-4-10-23-17/h2,4-5,7-8,10-11,15,19H,3,6,9,12-13H2,1H3. The Hall–Kier alpha value is -1.85. The van der Waals surface area contributed by atoms with Gasteiger partial charge in [-0.15, -0.1) is 11.3 Å². The van der Waals surface area contributed by atoms with Crippen LogP contribution in [0.1, 0.15) is 28.1 Å². The third-order valence-electron chi connectivity index (χ3n) is 4.12. The van der Waals surface area contributed by atoms with Gasteiger partial charge in [0.15, 0.2) is 0 Å². The van der Waals surface area contributed by atoms with E-state index >= 15 is 0 Å². The second-order valence-corrected chi connectivity index (χ2v) is 6.78. The van der Waals surface area contributed by atoms with Crippen LogP contribution in [0.3, 0.4) is 0 Å². The quantitative estimate of drug-likeness (QED) is 0.885. The van der Waals surface area contributed by atoms with Crippen LogP contribution in [0.15, 0.2) is 41.8 Å². The van der Waals surface area contributed by atoms with Crippen LogP contribution in [-0.4, -0.2) is 37.0 Å². The van der Waals surface area contributed by atoms with Crippen molar-refractivity contribution in [1.82, 2.24) is 10.2 Å². The highest BCUT2D eigenvalue weighted by molar-refractivity contribution is 7.09. The van der Waals surface area contributed by atoms with E-state index in [1.807, 2.05) is 53.7 Å². The van der Waals surface area contributed by atoms with Gasteiger partial charge < -0.3 is 15.0 Å². The Morgan fingerprint density at radius 1 is 1.39 bits per heavy atom. The molecule has 1 unspecified atom stereocenters. The van der Waals surface area contributed by atoms with Gasteiger partial charge in [0, 0.05) is 29.6 Å². The van der Waals surface area contributed by atoms with E-state index in [1.54, 1.807) is 11.3 Å². The number of amides is 1. The van der Waals surface area contributed by atoms with E-state index in [0.717, 1.165) is 31.7 Å². The highest BCUT2D eigenvalue weighted by Crippen LogP contribution is 2.22. The minimum Gasteiger partial charge on any atom is -0.488 e. The molecule has 0 aliphatic carbocycles. The first kappa shape index (κ1) is 16.0. The van der Waals surface area contributed by atoms with Gasteiger partial charge >= 0.3 is 0 Å². The topological polar surface area (TPSA) is 41.6 Å². The molecule has 1 saturated heterocycles. The summed E-state index contributed by atoms with van der Waals surface area (Å²) in [6.07, 6.45) is 2.15. The van der Waals surface area contributed by atoms with E-state index in [-0.39, 0.29) is 5.91 Å². The van der Waals surface area contributed by atoms with Crippen LogP contribution in [0.4, 0.5) is 0 Å². The summed E-state index contributed by atoms with van der Waals surface area (Å²) >= 11 is 1.67. The van der Waals surface area contributed by atoms with E-state index in [2.05, 4.69) is 5.32 Å². The lowest BCUT2D eigenvalue weighted by atomic mass is 10.1. The number of carbonyl (C=O) groups is 1. The zero-order valence-electron chi connectivity index (χ0n) is 13.3. The molecule has 0 spiro atoms. The predicted molar refractivity (Wildman–Crippen MR) is 93.1 cm³/mol. The molecule has 3 rings (SSSR count). The first-order chi connectivity index (χ1) is 11.3. The number of rotatable bonds is 6. The highest BCUT2D eigenvalue weighted by atomic mass is 32.1. The van der Waals surface area contributed by atoms with Gasteiger partial charge in [0.2, 0.25) is 0 Å². The normalized spacial score (nSPS) is 17.4. The molecule has 1 aliphatic heterocycles. The smallest absolute Gasteiger partial charge is 0.254 e. The maximum atomic E-state index is 12.8. The lowest BCUT2D eigenvalue weighted by molar-refractivity contribution is 0.0736. The molecule has 1 aromatic carbocycles. The van der Waals surface area contributed by atoms with Crippen molar-refractivity contribution in [2.75, 3.05) is 20.1 Å². The summed E-state index contributed by atoms with van der Waals surface area (Å²) in [5, 5.41) is 5.21. The molecule has 1 aromatic heterocycles. The van der Waals surface area contributed by atoms with E-state index < -0.39 is 0 Å². The van der Waals surface area contributed by atoms with Crippen molar-refractivity contribution in [2.24, 2.45) is 0 Å². The summed E-state index contributed by atoms with van der Waals surface area (Å²) in [5.41, 5.74) is 0.705. The number of likely N-dealkylation sites (N-methyl/N-ethyl adjacent to an activating group) is 1. The van der Waals surface area contributed by atoms with Crippen molar-refractivity contribution in [3.8, 4) is 5.75 Å². The largest absolute Gasteiger partial charge is 0.488 e. The molecule has 1 atom stereocenters. The average molecular weight is 330 g/mol. The zero-order valence-corrected chi connectivity index (χ0v) is 14.1. The number of nitrogens with one attached hydrogen (secondary N) is 1. The van der Waals surface area contributed by atoms with Gasteiger partial charge in [-0.2, -0.15) is 0 Å². The first-order valence-electron chi connectivity index (χ1n) is 7.99. The summed E-state index contributed by atoms with van der Waals surface area (Å²) in [6, 6.07) is 11.9. The number of ether oxygens (including phenoxy) is 1. The summed E-state index contributed by atoms with van der Waals surface area (Å²) in [6.45, 7) is 2.23. The number of hydrogen-bond acceptors (Lipinski definition) is 4. The molecule has 0 radical (unpaired) electrons. The highest BCUT2D eigenvalue weighted by Gasteiger charge is 2.28. The summed E-state index contributed by atoms with van der Waals surface area (Å²) in [4.78, 5) is 15.9. The molecular weight excluding hydrogens is 308 g/mol. The Balaban J connectivity index is 1.67. The van der Waals surface area contributed by atoms with Gasteiger partial charge in [-0.3, -0.25) is 4.79 Å². The third kappa shape index (κ3) is 3.92. The summed E-state index contributed by atoms with van der Waals surface area (Å²) in [7, 11) is 1.93. The molecule has 2 heterocycles. The number of likely N-dealkylation sites (tertiary alicyclic amines) is 1. The number of carbonyl (C=O) groups excluding carboxylic acids is 1. The Kier molecular flexibility index (Phi) is 5.31. The summed E-state index contributed by atoms with van der Waals surface area (Å²) in [5.74, 6) is 0.845. The Labute approximate surface area is 141 Å². The number of thiophene rings is 1. The molecule has 1 fully saturated rings. The van der Waals surface area contributed by atoms with E-state index in [1.165, 1.54) is 4.88 Å². The van der Waals surface area contributed by atoms with Crippen LogP contribution in [0.25, 0.3) is 0 Å². The first-order valence-corrected chi connectivity index (χ1v) is 8.86. The van der Waals surface area contributed by atoms with Crippen molar-refractivity contribution in [3.05, 3.63) is 52.2 Å². The Morgan fingerprint density at radius 2 is 2.30 bits per heavy atom. The van der Waals surface area contributed by atoms with Crippen LogP contribution in [0.2, 0.25) is 0 Å². The fourth-order valence-electron chi connectivity index (χ4n) is 2.98. The molecule has 122 valence electrons. The fourth-order valence-corrected chi connectivity index (χ4v) is 3.60. The van der Waals surface area contributed by atoms with Crippen LogP contribution < -0.4 is 10.1 Å². The van der Waals surface area contributed by atoms with Gasteiger partial charge in [-0.1, -0.05) is 12.1 Å². The van der Waals surface area contributed by atoms with Gasteiger partial charge in [0.1, 0.15) is 12.4 Å². The SMILES string of the molecule is CNCC1CCCN1C(=O)c1cccc(OCc2cccs2)c1. The predicted octanol–water partition coefficient (Wildman–Crippen LogP) is 3.15. The van der Waals surface area contributed by atoms with Gasteiger partial charge in [-0.05, 0) is 49.5 Å². The second-order valence-electron chi connectivity index (χ2n) is 5.75. The molecule has 0 saturated carbocycles. The number of hydrogen-bond donors (Lipinski definition) is 1. The molecule has 2 aromatic rings. The molecular formula is C18H22N2O2S. The van der Waals surface area contributed by atoms with E-state index in [0.29, 0.717) is 18.2 Å². The fraction of sp³-hybridized carbons (Fsp3) is 0.389. The number of nitrogens with zero attached hydrogens (tertiary/aromatic N) is 1. The molecule has 1 N–H and O–H groups in total. The maximum absolute atomic E-state index is 12.8. The minimum atomic E-state index is 0.101. The molecule has 4 nitrogen and oxygen atoms in total. The lowest BCUT2D eigenvalue weighted by Crippen LogP contribution is -2.40. The molecule has 0 bridgehead atoms. The molecule has 1 amide bonds. The van der Waals surface area contributed by atoms with Gasteiger partial charge in [-0.25, -0.2) is 0 Å². The third-order valence-corrected chi connectivity index (χ3v) is 4.97. The van der Waals surface area contributed by atoms with Crippen LogP contribution in [0, 0.1) is 0 Å². The molecule has 23 heavy (non-hydrogen) atoms. The van der Waals surface area contributed by atoms with Crippen LogP contribution in [0.5, 0.6) is 5.75 Å². The molecule has 5 heteroatoms. The van der Waals surface area contributed by atoms with E-state index in [4.69, 9.17) is 4.74 Å². The van der Waals surface area contributed by atoms with Gasteiger partial charge in [0.25, 0.3) is 5.91 Å². The average Bonchev–Trinajstić information content (AvgIpc) is 3.24. The lowest BCUT2D eigenvalue weighted by Gasteiger charge is -2.24. The Bertz CT molecular complexity index is 642. The molecule has 1 aliphatic rings. The second kappa shape index (κ2) is 7.62. The Morgan fingerprint density at radius 3 is 3.09 bits per heavy atom. The van der Waals surface area contributed by atoms with Gasteiger partial charge in [0.05, 0.1) is 0 Å². The van der Waals surface area contributed by atoms with Crippen molar-refractivity contribution >= 4 is 17.2 Å². The van der Waals surface area contributed by atoms with Crippen LogP contribution in [-0.2, 0) is 6.61 Å². The monoisotopic (exact) mass is 330 g/mol. The zero-order chi connectivity index (χ0) is 16.1. The van der Waals surface area contributed by atoms with Crippen molar-refractivity contribution in [2.45, 2.75) is 25.5 Å².